The highest BCUT2D eigenvalue weighted by molar-refractivity contribution is 7.83. The molecule has 0 spiro atoms. The van der Waals surface area contributed by atoms with Crippen molar-refractivity contribution in [1.29, 1.82) is 0 Å². The fourth-order valence-corrected chi connectivity index (χ4v) is 0. The van der Waals surface area contributed by atoms with Gasteiger partial charge < -0.3 is 4.55 Å². The summed E-state index contributed by atoms with van der Waals surface area (Å²) in [5, 5.41) is 0. The molecular formula is CCl2FO2S-. The van der Waals surface area contributed by atoms with Gasteiger partial charge in [0.2, 0.25) is 0 Å². The minimum Gasteiger partial charge on any atom is -0.768 e. The normalized spacial score (nSPS) is 16.6. The summed E-state index contributed by atoms with van der Waals surface area (Å²) >= 11 is 5.64. The number of hydrogen-bond donors (Lipinski definition) is 0. The van der Waals surface area contributed by atoms with Crippen molar-refractivity contribution < 1.29 is 13.2 Å². The van der Waals surface area contributed by atoms with Gasteiger partial charge in [-0.15, -0.1) is 0 Å². The van der Waals surface area contributed by atoms with Crippen LogP contribution in [0, 0.1) is 0 Å². The first kappa shape index (κ1) is 7.62. The molecule has 0 aliphatic carbocycles. The monoisotopic (exact) mass is 165 g/mol. The van der Waals surface area contributed by atoms with Gasteiger partial charge in [-0.25, -0.2) is 0 Å². The Hall–Kier alpha value is 0.620. The van der Waals surface area contributed by atoms with Crippen molar-refractivity contribution in [3.63, 3.8) is 0 Å². The maximum Gasteiger partial charge on any atom is 0.320 e. The molecule has 0 saturated carbocycles. The summed E-state index contributed by atoms with van der Waals surface area (Å²) in [5.41, 5.74) is 0. The molecule has 0 radical (unpaired) electrons. The van der Waals surface area contributed by atoms with Gasteiger partial charge in [-0.2, -0.15) is 4.39 Å². The minimum atomic E-state index is -3.14. The number of rotatable bonds is 1. The quantitative estimate of drug-likeness (QED) is 0.429. The second kappa shape index (κ2) is 2.26. The van der Waals surface area contributed by atoms with E-state index in [1.807, 2.05) is 0 Å². The fraction of sp³-hybridized carbons (Fsp3) is 1.00. The van der Waals surface area contributed by atoms with E-state index in [-0.39, 0.29) is 0 Å². The molecule has 1 unspecified atom stereocenters. The fourth-order valence-electron chi connectivity index (χ4n) is 0. The van der Waals surface area contributed by atoms with Crippen molar-refractivity contribution in [3.8, 4) is 0 Å². The van der Waals surface area contributed by atoms with Crippen molar-refractivity contribution >= 4 is 34.3 Å². The molecule has 0 aliphatic heterocycles. The van der Waals surface area contributed by atoms with Crippen LogP contribution in [0.15, 0.2) is 0 Å². The molecular weight excluding hydrogens is 166 g/mol. The van der Waals surface area contributed by atoms with Crippen LogP contribution in [0.2, 0.25) is 0 Å². The van der Waals surface area contributed by atoms with Gasteiger partial charge in [0.05, 0.1) is 0 Å². The van der Waals surface area contributed by atoms with Gasteiger partial charge >= 0.3 is 3.92 Å². The van der Waals surface area contributed by atoms with Crippen LogP contribution < -0.4 is 0 Å². The molecule has 44 valence electrons. The summed E-state index contributed by atoms with van der Waals surface area (Å²) in [6, 6.07) is 0. The van der Waals surface area contributed by atoms with Gasteiger partial charge in [-0.05, 0) is 0 Å². The lowest BCUT2D eigenvalue weighted by molar-refractivity contribution is 0.444. The zero-order chi connectivity index (χ0) is 6.08. The molecule has 2 nitrogen and oxygen atoms in total. The van der Waals surface area contributed by atoms with E-state index in [1.165, 1.54) is 0 Å². The Labute approximate surface area is 51.9 Å². The maximum absolute atomic E-state index is 11.4. The molecule has 6 heteroatoms. The van der Waals surface area contributed by atoms with Crippen LogP contribution in [0.3, 0.4) is 0 Å². The highest BCUT2D eigenvalue weighted by Crippen LogP contribution is 2.24. The lowest BCUT2D eigenvalue weighted by Crippen LogP contribution is -2.11. The zero-order valence-electron chi connectivity index (χ0n) is 2.86. The van der Waals surface area contributed by atoms with Gasteiger partial charge in [-0.3, -0.25) is 4.21 Å². The number of alkyl halides is 3. The SMILES string of the molecule is O=S([O-])C(F)(Cl)Cl. The molecule has 0 aliphatic rings. The smallest absolute Gasteiger partial charge is 0.320 e. The highest BCUT2D eigenvalue weighted by atomic mass is 35.5. The first-order valence-corrected chi connectivity index (χ1v) is 2.94. The highest BCUT2D eigenvalue weighted by Gasteiger charge is 2.22. The van der Waals surface area contributed by atoms with Gasteiger partial charge in [0, 0.05) is 11.1 Å². The summed E-state index contributed by atoms with van der Waals surface area (Å²) in [4.78, 5) is 0. The third-order valence-corrected chi connectivity index (χ3v) is 1.32. The van der Waals surface area contributed by atoms with Gasteiger partial charge in [-0.1, -0.05) is 23.2 Å². The van der Waals surface area contributed by atoms with Crippen molar-refractivity contribution in [3.05, 3.63) is 0 Å². The maximum atomic E-state index is 11.4. The van der Waals surface area contributed by atoms with E-state index in [2.05, 4.69) is 23.2 Å². The molecule has 0 amide bonds. The average molecular weight is 166 g/mol. The standard InChI is InChI=1S/CHCl2FO2S/c2-1(3,4)7(5)6/h(H,5,6)/p-1. The van der Waals surface area contributed by atoms with E-state index in [9.17, 15) is 13.2 Å². The Morgan fingerprint density at radius 3 is 1.86 bits per heavy atom. The Bertz CT molecular complexity index is 88.2. The molecule has 0 aromatic rings. The van der Waals surface area contributed by atoms with Crippen molar-refractivity contribution in [2.45, 2.75) is 3.92 Å². The molecule has 0 heterocycles. The summed E-state index contributed by atoms with van der Waals surface area (Å²) in [7, 11) is 0. The van der Waals surface area contributed by atoms with Crippen LogP contribution in [0.25, 0.3) is 0 Å². The predicted octanol–water partition coefficient (Wildman–Crippen LogP) is 0.924. The minimum absolute atomic E-state index is 3.07. The molecule has 7 heavy (non-hydrogen) atoms. The molecule has 0 aromatic carbocycles. The van der Waals surface area contributed by atoms with Gasteiger partial charge in [0.1, 0.15) is 0 Å². The second-order valence-corrected chi connectivity index (χ2v) is 3.40. The number of hydrogen-bond acceptors (Lipinski definition) is 2. The van der Waals surface area contributed by atoms with E-state index in [0.717, 1.165) is 0 Å². The largest absolute Gasteiger partial charge is 0.768 e. The molecule has 0 N–H and O–H groups in total. The molecule has 0 saturated heterocycles. The summed E-state index contributed by atoms with van der Waals surface area (Å²) < 4.78 is 27.1. The van der Waals surface area contributed by atoms with Crippen LogP contribution in [-0.4, -0.2) is 12.7 Å². The van der Waals surface area contributed by atoms with Crippen molar-refractivity contribution in [2.24, 2.45) is 0 Å². The first-order chi connectivity index (χ1) is 2.94. The average Bonchev–Trinajstić information content (AvgIpc) is 1.31. The molecule has 0 rings (SSSR count). The van der Waals surface area contributed by atoms with Crippen LogP contribution in [0.5, 0.6) is 0 Å². The van der Waals surface area contributed by atoms with Crippen LogP contribution in [0.1, 0.15) is 0 Å². The van der Waals surface area contributed by atoms with Crippen LogP contribution >= 0.6 is 23.2 Å². The van der Waals surface area contributed by atoms with Crippen molar-refractivity contribution in [1.82, 2.24) is 0 Å². The second-order valence-electron chi connectivity index (χ2n) is 0.680. The first-order valence-electron chi connectivity index (χ1n) is 1.10. The summed E-state index contributed by atoms with van der Waals surface area (Å²) in [6.07, 6.45) is 0. The summed E-state index contributed by atoms with van der Waals surface area (Å²) in [5.74, 6) is 0. The Kier molecular flexibility index (Phi) is 2.46. The van der Waals surface area contributed by atoms with Crippen LogP contribution in [-0.2, 0) is 11.1 Å². The van der Waals surface area contributed by atoms with Gasteiger partial charge in [0.15, 0.2) is 0 Å². The van der Waals surface area contributed by atoms with Crippen LogP contribution in [0.4, 0.5) is 4.39 Å². The van der Waals surface area contributed by atoms with E-state index >= 15 is 0 Å². The molecule has 0 fully saturated rings. The molecule has 0 bridgehead atoms. The Morgan fingerprint density at radius 1 is 1.71 bits per heavy atom. The summed E-state index contributed by atoms with van der Waals surface area (Å²) in [6.45, 7) is 0. The zero-order valence-corrected chi connectivity index (χ0v) is 5.19. The molecule has 1 atom stereocenters. The van der Waals surface area contributed by atoms with E-state index in [1.54, 1.807) is 0 Å². The lowest BCUT2D eigenvalue weighted by atomic mass is 11.7. The molecule has 0 aromatic heterocycles. The Morgan fingerprint density at radius 2 is 1.86 bits per heavy atom. The van der Waals surface area contributed by atoms with E-state index in [4.69, 9.17) is 0 Å². The van der Waals surface area contributed by atoms with E-state index in [0.29, 0.717) is 0 Å². The predicted molar refractivity (Wildman–Crippen MR) is 24.5 cm³/mol. The van der Waals surface area contributed by atoms with E-state index < -0.39 is 15.0 Å². The van der Waals surface area contributed by atoms with Crippen molar-refractivity contribution in [2.75, 3.05) is 0 Å². The topological polar surface area (TPSA) is 40.1 Å². The van der Waals surface area contributed by atoms with Gasteiger partial charge in [0.25, 0.3) is 0 Å². The Balaban J connectivity index is 3.79. The third kappa shape index (κ3) is 3.22. The number of halogens is 3. The third-order valence-electron chi connectivity index (χ3n) is 0.189. The lowest BCUT2D eigenvalue weighted by Gasteiger charge is -2.10.